The molecule has 3 N–H and O–H groups in total. The largest absolute Gasteiger partial charge is 0.350 e. The lowest BCUT2D eigenvalue weighted by Gasteiger charge is -2.31. The van der Waals surface area contributed by atoms with E-state index in [0.29, 0.717) is 25.9 Å². The second kappa shape index (κ2) is 7.59. The van der Waals surface area contributed by atoms with Crippen LogP contribution in [0.15, 0.2) is 0 Å². The fraction of sp³-hybridized carbons (Fsp3) is 0.818. The third kappa shape index (κ3) is 5.69. The van der Waals surface area contributed by atoms with Crippen LogP contribution in [0.4, 0.5) is 8.78 Å². The van der Waals surface area contributed by atoms with E-state index in [1.807, 2.05) is 0 Å². The van der Waals surface area contributed by atoms with Crippen LogP contribution in [-0.2, 0) is 9.59 Å². The maximum atomic E-state index is 12.9. The molecular formula is C11H20ClF2N3O2. The van der Waals surface area contributed by atoms with Gasteiger partial charge in [-0.15, -0.1) is 12.4 Å². The Morgan fingerprint density at radius 1 is 1.47 bits per heavy atom. The average Bonchev–Trinajstić information content (AvgIpc) is 2.36. The highest BCUT2D eigenvalue weighted by molar-refractivity contribution is 5.85. The van der Waals surface area contributed by atoms with E-state index >= 15 is 0 Å². The Hall–Kier alpha value is -0.950. The minimum absolute atomic E-state index is 0. The number of likely N-dealkylation sites (tertiary alicyclic amines) is 1. The number of rotatable bonds is 4. The Bertz CT molecular complexity index is 329. The van der Waals surface area contributed by atoms with Crippen LogP contribution in [0, 0.1) is 5.92 Å². The third-order valence-corrected chi connectivity index (χ3v) is 3.06. The van der Waals surface area contributed by atoms with Crippen LogP contribution in [0.1, 0.15) is 19.8 Å². The first kappa shape index (κ1) is 18.0. The molecule has 1 aliphatic heterocycles. The van der Waals surface area contributed by atoms with Gasteiger partial charge in [-0.25, -0.2) is 8.78 Å². The summed E-state index contributed by atoms with van der Waals surface area (Å²) in [7, 11) is 0. The van der Waals surface area contributed by atoms with Crippen molar-refractivity contribution >= 4 is 24.2 Å². The van der Waals surface area contributed by atoms with E-state index < -0.39 is 30.8 Å². The van der Waals surface area contributed by atoms with E-state index in [-0.39, 0.29) is 18.3 Å². The molecule has 5 nitrogen and oxygen atoms in total. The molecule has 0 radical (unpaired) electrons. The van der Waals surface area contributed by atoms with Crippen molar-refractivity contribution in [2.24, 2.45) is 11.7 Å². The fourth-order valence-corrected chi connectivity index (χ4v) is 1.91. The van der Waals surface area contributed by atoms with Gasteiger partial charge in [0.05, 0.1) is 19.0 Å². The van der Waals surface area contributed by atoms with Crippen molar-refractivity contribution < 1.29 is 18.4 Å². The molecule has 0 aromatic rings. The molecule has 1 fully saturated rings. The summed E-state index contributed by atoms with van der Waals surface area (Å²) in [6, 6.07) is 0. The van der Waals surface area contributed by atoms with Crippen molar-refractivity contribution in [3.63, 3.8) is 0 Å². The first-order valence-corrected chi connectivity index (χ1v) is 5.97. The lowest BCUT2D eigenvalue weighted by atomic mass is 9.97. The monoisotopic (exact) mass is 299 g/mol. The number of hydrogen-bond donors (Lipinski definition) is 2. The van der Waals surface area contributed by atoms with Crippen LogP contribution >= 0.6 is 12.4 Å². The molecule has 1 heterocycles. The standard InChI is InChI=1S/C11H19F2N3O2.ClH/c1-8(17)16-4-2-3-9(5-16)10(18)15-7-11(12,13)6-14;/h9H,2-7,14H2,1H3,(H,15,18);1H. The highest BCUT2D eigenvalue weighted by Gasteiger charge is 2.31. The zero-order valence-corrected chi connectivity index (χ0v) is 11.6. The molecule has 1 aliphatic rings. The Kier molecular flexibility index (Phi) is 7.21. The topological polar surface area (TPSA) is 75.4 Å². The van der Waals surface area contributed by atoms with Gasteiger partial charge in [0.15, 0.2) is 0 Å². The van der Waals surface area contributed by atoms with Gasteiger partial charge < -0.3 is 16.0 Å². The molecule has 0 aromatic carbocycles. The van der Waals surface area contributed by atoms with Gasteiger partial charge in [0.25, 0.3) is 5.92 Å². The lowest BCUT2D eigenvalue weighted by Crippen LogP contribution is -2.48. The van der Waals surface area contributed by atoms with E-state index in [1.54, 1.807) is 4.90 Å². The maximum Gasteiger partial charge on any atom is 0.277 e. The molecule has 2 amide bonds. The maximum absolute atomic E-state index is 12.9. The van der Waals surface area contributed by atoms with E-state index in [1.165, 1.54) is 6.92 Å². The summed E-state index contributed by atoms with van der Waals surface area (Å²) in [6.45, 7) is 0.812. The molecule has 8 heteroatoms. The molecular weight excluding hydrogens is 280 g/mol. The predicted molar refractivity (Wildman–Crippen MR) is 69.2 cm³/mol. The minimum Gasteiger partial charge on any atom is -0.350 e. The van der Waals surface area contributed by atoms with Crippen molar-refractivity contribution in [1.82, 2.24) is 10.2 Å². The molecule has 0 saturated carbocycles. The number of nitrogens with one attached hydrogen (secondary N) is 1. The van der Waals surface area contributed by atoms with Crippen molar-refractivity contribution in [3.05, 3.63) is 0 Å². The van der Waals surface area contributed by atoms with Crippen LogP contribution in [0.2, 0.25) is 0 Å². The third-order valence-electron chi connectivity index (χ3n) is 3.06. The Morgan fingerprint density at radius 3 is 2.63 bits per heavy atom. The Balaban J connectivity index is 0.00000324. The lowest BCUT2D eigenvalue weighted by molar-refractivity contribution is -0.134. The van der Waals surface area contributed by atoms with Gasteiger partial charge in [-0.2, -0.15) is 0 Å². The van der Waals surface area contributed by atoms with E-state index in [9.17, 15) is 18.4 Å². The number of halogens is 3. The molecule has 1 atom stereocenters. The summed E-state index contributed by atoms with van der Waals surface area (Å²) in [4.78, 5) is 24.5. The molecule has 0 aromatic heterocycles. The van der Waals surface area contributed by atoms with Gasteiger partial charge in [-0.1, -0.05) is 0 Å². The van der Waals surface area contributed by atoms with Crippen LogP contribution < -0.4 is 11.1 Å². The van der Waals surface area contributed by atoms with Gasteiger partial charge in [-0.3, -0.25) is 9.59 Å². The molecule has 0 spiro atoms. The SMILES string of the molecule is CC(=O)N1CCCC(C(=O)NCC(F)(F)CN)C1.Cl. The summed E-state index contributed by atoms with van der Waals surface area (Å²) in [6.07, 6.45) is 1.33. The molecule has 0 bridgehead atoms. The Morgan fingerprint density at radius 2 is 2.11 bits per heavy atom. The fourth-order valence-electron chi connectivity index (χ4n) is 1.91. The number of nitrogens with zero attached hydrogens (tertiary/aromatic N) is 1. The normalized spacial score (nSPS) is 19.6. The molecule has 1 unspecified atom stereocenters. The van der Waals surface area contributed by atoms with Gasteiger partial charge >= 0.3 is 0 Å². The van der Waals surface area contributed by atoms with Crippen LogP contribution in [0.3, 0.4) is 0 Å². The second-order valence-corrected chi connectivity index (χ2v) is 4.58. The van der Waals surface area contributed by atoms with Crippen LogP contribution in [0.5, 0.6) is 0 Å². The first-order valence-electron chi connectivity index (χ1n) is 5.97. The highest BCUT2D eigenvalue weighted by Crippen LogP contribution is 2.17. The quantitative estimate of drug-likeness (QED) is 0.788. The van der Waals surface area contributed by atoms with E-state index in [0.717, 1.165) is 0 Å². The molecule has 0 aliphatic carbocycles. The molecule has 19 heavy (non-hydrogen) atoms. The smallest absolute Gasteiger partial charge is 0.277 e. The summed E-state index contributed by atoms with van der Waals surface area (Å²) in [5.41, 5.74) is 4.88. The van der Waals surface area contributed by atoms with E-state index in [4.69, 9.17) is 5.73 Å². The zero-order valence-electron chi connectivity index (χ0n) is 10.8. The molecule has 1 saturated heterocycles. The van der Waals surface area contributed by atoms with Gasteiger partial charge in [0.2, 0.25) is 11.8 Å². The van der Waals surface area contributed by atoms with Crippen LogP contribution in [0.25, 0.3) is 0 Å². The summed E-state index contributed by atoms with van der Waals surface area (Å²) < 4.78 is 25.8. The number of piperidine rings is 1. The number of hydrogen-bond acceptors (Lipinski definition) is 3. The van der Waals surface area contributed by atoms with Gasteiger partial charge in [0.1, 0.15) is 0 Å². The number of carbonyl (C=O) groups is 2. The predicted octanol–water partition coefficient (Wildman–Crippen LogP) is 0.377. The molecule has 112 valence electrons. The van der Waals surface area contributed by atoms with E-state index in [2.05, 4.69) is 5.32 Å². The highest BCUT2D eigenvalue weighted by atomic mass is 35.5. The van der Waals surface area contributed by atoms with Gasteiger partial charge in [0, 0.05) is 20.0 Å². The first-order chi connectivity index (χ1) is 8.35. The van der Waals surface area contributed by atoms with Crippen molar-refractivity contribution in [1.29, 1.82) is 0 Å². The summed E-state index contributed by atoms with van der Waals surface area (Å²) in [5, 5.41) is 2.20. The summed E-state index contributed by atoms with van der Waals surface area (Å²) in [5.74, 6) is -4.02. The second-order valence-electron chi connectivity index (χ2n) is 4.58. The molecule has 1 rings (SSSR count). The number of carbonyl (C=O) groups excluding carboxylic acids is 2. The minimum atomic E-state index is -3.08. The summed E-state index contributed by atoms with van der Waals surface area (Å²) >= 11 is 0. The number of alkyl halides is 2. The van der Waals surface area contributed by atoms with Crippen molar-refractivity contribution in [2.75, 3.05) is 26.2 Å². The van der Waals surface area contributed by atoms with Crippen LogP contribution in [-0.4, -0.2) is 48.8 Å². The Labute approximate surface area is 117 Å². The van der Waals surface area contributed by atoms with Gasteiger partial charge in [-0.05, 0) is 12.8 Å². The van der Waals surface area contributed by atoms with Crippen molar-refractivity contribution in [2.45, 2.75) is 25.7 Å². The zero-order chi connectivity index (χ0) is 13.8. The number of amides is 2. The average molecular weight is 300 g/mol. The number of nitrogens with two attached hydrogens (primary N) is 1. The van der Waals surface area contributed by atoms with Crippen molar-refractivity contribution in [3.8, 4) is 0 Å².